The van der Waals surface area contributed by atoms with Crippen LogP contribution in [-0.4, -0.2) is 108 Å². The minimum absolute atomic E-state index is 0.101. The summed E-state index contributed by atoms with van der Waals surface area (Å²) in [6.45, 7) is 7.35. The number of hydrogen-bond acceptors (Lipinski definition) is 9. The van der Waals surface area contributed by atoms with Crippen molar-refractivity contribution in [3.63, 3.8) is 0 Å². The van der Waals surface area contributed by atoms with E-state index in [1.807, 2.05) is 18.2 Å². The lowest BCUT2D eigenvalue weighted by atomic mass is 9.69. The second-order valence-corrected chi connectivity index (χ2v) is 15.8. The summed E-state index contributed by atoms with van der Waals surface area (Å²) >= 11 is 0. The van der Waals surface area contributed by atoms with E-state index in [4.69, 9.17) is 4.74 Å². The van der Waals surface area contributed by atoms with E-state index in [0.29, 0.717) is 22.8 Å². The molecule has 3 saturated heterocycles. The van der Waals surface area contributed by atoms with Crippen molar-refractivity contribution in [1.82, 2.24) is 20.0 Å². The smallest absolute Gasteiger partial charge is 0.262 e. The SMILES string of the molecule is O=C1CCC(N2C(=O)c3ccc(N4CCN(CCCN5CC(Oc6ccc([C@@H]7c8ccc(O)cc8CC[C@@H]7c7ccccc7)cc6)C5)CC4)cc3C2=O)C(=O)N1. The Kier molecular flexibility index (Phi) is 9.81. The van der Waals surface area contributed by atoms with Crippen LogP contribution >= 0.6 is 0 Å². The molecule has 11 nitrogen and oxygen atoms in total. The van der Waals surface area contributed by atoms with Gasteiger partial charge in [-0.25, -0.2) is 0 Å². The minimum atomic E-state index is -0.961. The molecule has 4 heterocycles. The Balaban J connectivity index is 0.726. The van der Waals surface area contributed by atoms with Crippen LogP contribution in [0.2, 0.25) is 0 Å². The normalized spacial score (nSPS) is 23.1. The van der Waals surface area contributed by atoms with Gasteiger partial charge in [0.2, 0.25) is 11.8 Å². The van der Waals surface area contributed by atoms with Crippen LogP contribution in [0, 0.1) is 0 Å². The molecule has 11 heteroatoms. The maximum atomic E-state index is 13.3. The number of imide groups is 2. The zero-order valence-corrected chi connectivity index (χ0v) is 31.4. The zero-order chi connectivity index (χ0) is 38.3. The molecule has 0 radical (unpaired) electrons. The summed E-state index contributed by atoms with van der Waals surface area (Å²) in [6.07, 6.45) is 3.51. The molecule has 56 heavy (non-hydrogen) atoms. The van der Waals surface area contributed by atoms with Crippen LogP contribution < -0.4 is 15.0 Å². The summed E-state index contributed by atoms with van der Waals surface area (Å²) in [5.74, 6) is -0.116. The summed E-state index contributed by atoms with van der Waals surface area (Å²) in [5, 5.41) is 12.4. The number of amides is 4. The summed E-state index contributed by atoms with van der Waals surface area (Å²) < 4.78 is 6.39. The highest BCUT2D eigenvalue weighted by Crippen LogP contribution is 2.47. The fraction of sp³-hybridized carbons (Fsp3) is 0.378. The molecule has 0 bridgehead atoms. The number of aromatic hydroxyl groups is 1. The standard InChI is InChI=1S/C45H47N5O6/c51-33-11-16-37-31(25-33)9-14-36(29-5-2-1-3-6-29)42(37)30-7-12-34(13-8-30)56-35-27-48(28-35)20-4-19-47-21-23-49(24-22-47)32-10-15-38-39(26-32)45(55)50(44(38)54)40-17-18-41(52)46-43(40)53/h1-3,5-8,10-13,15-16,25-26,35-36,40,42,51H,4,9,14,17-24,27-28H2,(H,46,52,53)/t36-,40?,42+/m1/s1. The third-order valence-electron chi connectivity index (χ3n) is 12.4. The number of fused-ring (bicyclic) bond motifs is 2. The van der Waals surface area contributed by atoms with Crippen LogP contribution in [0.5, 0.6) is 11.5 Å². The molecule has 4 aromatic carbocycles. The molecule has 0 spiro atoms. The number of ether oxygens (including phenoxy) is 1. The second-order valence-electron chi connectivity index (χ2n) is 15.8. The minimum Gasteiger partial charge on any atom is -0.508 e. The number of hydrogen-bond donors (Lipinski definition) is 2. The van der Waals surface area contributed by atoms with Crippen LogP contribution in [0.4, 0.5) is 5.69 Å². The van der Waals surface area contributed by atoms with Gasteiger partial charge in [0.05, 0.1) is 11.1 Å². The number of nitrogens with zero attached hydrogens (tertiary/aromatic N) is 4. The first-order valence-electron chi connectivity index (χ1n) is 20.0. The number of carbonyl (C=O) groups excluding carboxylic acids is 4. The first kappa shape index (κ1) is 36.1. The molecule has 0 aromatic heterocycles. The summed E-state index contributed by atoms with van der Waals surface area (Å²) in [7, 11) is 0. The Hall–Kier alpha value is -5.52. The number of anilines is 1. The highest BCUT2D eigenvalue weighted by atomic mass is 16.5. The molecule has 4 aliphatic heterocycles. The maximum absolute atomic E-state index is 13.3. The fourth-order valence-electron chi connectivity index (χ4n) is 9.41. The Bertz CT molecular complexity index is 2140. The van der Waals surface area contributed by atoms with E-state index in [0.717, 1.165) is 88.0 Å². The highest BCUT2D eigenvalue weighted by molar-refractivity contribution is 6.23. The van der Waals surface area contributed by atoms with Crippen LogP contribution in [0.1, 0.15) is 80.5 Å². The first-order valence-corrected chi connectivity index (χ1v) is 20.0. The average molecular weight is 754 g/mol. The molecule has 9 rings (SSSR count). The summed E-state index contributed by atoms with van der Waals surface area (Å²) in [6, 6.07) is 29.7. The predicted molar refractivity (Wildman–Crippen MR) is 211 cm³/mol. The number of rotatable bonds is 10. The van der Waals surface area contributed by atoms with Gasteiger partial charge in [-0.1, -0.05) is 48.5 Å². The molecule has 288 valence electrons. The lowest BCUT2D eigenvalue weighted by Crippen LogP contribution is -2.54. The van der Waals surface area contributed by atoms with Gasteiger partial charge in [0.25, 0.3) is 11.8 Å². The van der Waals surface area contributed by atoms with Crippen molar-refractivity contribution < 1.29 is 29.0 Å². The average Bonchev–Trinajstić information content (AvgIpc) is 3.45. The fourth-order valence-corrected chi connectivity index (χ4v) is 9.41. The van der Waals surface area contributed by atoms with Crippen molar-refractivity contribution in [2.75, 3.05) is 57.3 Å². The quantitative estimate of drug-likeness (QED) is 0.217. The monoisotopic (exact) mass is 753 g/mol. The van der Waals surface area contributed by atoms with Crippen molar-refractivity contribution in [2.24, 2.45) is 0 Å². The molecule has 4 amide bonds. The van der Waals surface area contributed by atoms with Gasteiger partial charge in [-0.05, 0) is 109 Å². The number of aryl methyl sites for hydroxylation is 1. The number of piperidine rings is 1. The van der Waals surface area contributed by atoms with Gasteiger partial charge in [-0.2, -0.15) is 0 Å². The third-order valence-corrected chi connectivity index (χ3v) is 12.4. The summed E-state index contributed by atoms with van der Waals surface area (Å²) in [5.41, 5.74) is 6.67. The molecule has 3 fully saturated rings. The number of piperazine rings is 1. The van der Waals surface area contributed by atoms with Gasteiger partial charge in [0.1, 0.15) is 23.6 Å². The van der Waals surface area contributed by atoms with Crippen molar-refractivity contribution in [2.45, 2.75) is 56.1 Å². The van der Waals surface area contributed by atoms with Crippen molar-refractivity contribution in [1.29, 1.82) is 0 Å². The van der Waals surface area contributed by atoms with Gasteiger partial charge in [-0.15, -0.1) is 0 Å². The first-order chi connectivity index (χ1) is 27.3. The van der Waals surface area contributed by atoms with E-state index in [-0.39, 0.29) is 30.8 Å². The Labute approximate surface area is 326 Å². The zero-order valence-electron chi connectivity index (χ0n) is 31.4. The Morgan fingerprint density at radius 3 is 2.23 bits per heavy atom. The van der Waals surface area contributed by atoms with E-state index < -0.39 is 23.8 Å². The van der Waals surface area contributed by atoms with Gasteiger partial charge in [0, 0.05) is 57.3 Å². The van der Waals surface area contributed by atoms with Crippen LogP contribution in [0.15, 0.2) is 91.0 Å². The Morgan fingerprint density at radius 2 is 1.46 bits per heavy atom. The van der Waals surface area contributed by atoms with Gasteiger partial charge in [0.15, 0.2) is 0 Å². The number of nitrogens with one attached hydrogen (secondary N) is 1. The molecule has 1 unspecified atom stereocenters. The maximum Gasteiger partial charge on any atom is 0.262 e. The van der Waals surface area contributed by atoms with E-state index >= 15 is 0 Å². The third kappa shape index (κ3) is 7.05. The van der Waals surface area contributed by atoms with Crippen LogP contribution in [0.25, 0.3) is 0 Å². The largest absolute Gasteiger partial charge is 0.508 e. The number of phenols is 1. The molecule has 3 atom stereocenters. The van der Waals surface area contributed by atoms with E-state index in [9.17, 15) is 24.3 Å². The molecule has 0 saturated carbocycles. The van der Waals surface area contributed by atoms with Gasteiger partial charge in [-0.3, -0.25) is 39.2 Å². The van der Waals surface area contributed by atoms with Crippen molar-refractivity contribution in [3.8, 4) is 11.5 Å². The van der Waals surface area contributed by atoms with E-state index in [2.05, 4.69) is 80.7 Å². The van der Waals surface area contributed by atoms with Crippen molar-refractivity contribution >= 4 is 29.3 Å². The van der Waals surface area contributed by atoms with Crippen molar-refractivity contribution in [3.05, 3.63) is 124 Å². The van der Waals surface area contributed by atoms with Crippen LogP contribution in [-0.2, 0) is 16.0 Å². The van der Waals surface area contributed by atoms with Crippen LogP contribution in [0.3, 0.4) is 0 Å². The number of carbonyl (C=O) groups is 4. The van der Waals surface area contributed by atoms with Gasteiger partial charge < -0.3 is 14.7 Å². The number of benzene rings is 4. The Morgan fingerprint density at radius 1 is 0.714 bits per heavy atom. The lowest BCUT2D eigenvalue weighted by molar-refractivity contribution is -0.136. The highest BCUT2D eigenvalue weighted by Gasteiger charge is 2.45. The van der Waals surface area contributed by atoms with Gasteiger partial charge >= 0.3 is 0 Å². The molecule has 1 aliphatic carbocycles. The topological polar surface area (TPSA) is 123 Å². The second kappa shape index (κ2) is 15.2. The van der Waals surface area contributed by atoms with E-state index in [1.54, 1.807) is 12.1 Å². The molecule has 4 aromatic rings. The molecule has 2 N–H and O–H groups in total. The summed E-state index contributed by atoms with van der Waals surface area (Å²) in [4.78, 5) is 58.6. The van der Waals surface area contributed by atoms with E-state index in [1.165, 1.54) is 22.3 Å². The molecule has 5 aliphatic rings. The number of phenolic OH excluding ortho intramolecular Hbond substituents is 1. The molecular weight excluding hydrogens is 707 g/mol. The number of likely N-dealkylation sites (tertiary alicyclic amines) is 1. The molecular formula is C45H47N5O6. The lowest BCUT2D eigenvalue weighted by Gasteiger charge is -2.40. The predicted octanol–water partition coefficient (Wildman–Crippen LogP) is 4.93.